The van der Waals surface area contributed by atoms with Crippen molar-refractivity contribution in [3.8, 4) is 0 Å². The van der Waals surface area contributed by atoms with Crippen LogP contribution in [0.3, 0.4) is 0 Å². The average Bonchev–Trinajstić information content (AvgIpc) is 2.94. The van der Waals surface area contributed by atoms with E-state index in [1.807, 2.05) is 6.07 Å². The summed E-state index contributed by atoms with van der Waals surface area (Å²) in [6.07, 6.45) is 8.34. The van der Waals surface area contributed by atoms with Gasteiger partial charge in [0.15, 0.2) is 0 Å². The van der Waals surface area contributed by atoms with Crippen molar-refractivity contribution in [3.05, 3.63) is 18.3 Å². The second-order valence-electron chi connectivity index (χ2n) is 6.45. The molecule has 2 heterocycles. The Balaban J connectivity index is 1.68. The van der Waals surface area contributed by atoms with Gasteiger partial charge in [-0.05, 0) is 50.2 Å². The van der Waals surface area contributed by atoms with Crippen LogP contribution in [0.2, 0.25) is 0 Å². The Bertz CT molecular complexity index is 595. The SMILES string of the molecule is C[C@@H]1CC[C@@H](Sc2ccc(S(=O)(=O)N3CCCCC3)cn2)C1. The zero-order chi connectivity index (χ0) is 15.6. The predicted molar refractivity (Wildman–Crippen MR) is 89.5 cm³/mol. The Labute approximate surface area is 137 Å². The molecule has 0 N–H and O–H groups in total. The molecule has 1 aliphatic heterocycles. The van der Waals surface area contributed by atoms with E-state index < -0.39 is 10.0 Å². The highest BCUT2D eigenvalue weighted by molar-refractivity contribution is 7.99. The van der Waals surface area contributed by atoms with Crippen molar-refractivity contribution in [3.63, 3.8) is 0 Å². The summed E-state index contributed by atoms with van der Waals surface area (Å²) < 4.78 is 26.7. The molecule has 6 heteroatoms. The fourth-order valence-corrected chi connectivity index (χ4v) is 6.02. The number of thioether (sulfide) groups is 1. The molecule has 2 fully saturated rings. The standard InChI is InChI=1S/C16H24N2O2S2/c1-13-5-6-14(11-13)21-16-8-7-15(12-17-16)22(19,20)18-9-3-2-4-10-18/h7-8,12-14H,2-6,9-11H2,1H3/t13-,14-/m1/s1. The number of nitrogens with zero attached hydrogens (tertiary/aromatic N) is 2. The summed E-state index contributed by atoms with van der Waals surface area (Å²) >= 11 is 1.79. The van der Waals surface area contributed by atoms with Crippen LogP contribution in [0.25, 0.3) is 0 Å². The van der Waals surface area contributed by atoms with Crippen LogP contribution in [0.1, 0.15) is 45.4 Å². The fraction of sp³-hybridized carbons (Fsp3) is 0.688. The molecule has 0 radical (unpaired) electrons. The second kappa shape index (κ2) is 6.89. The predicted octanol–water partition coefficient (Wildman–Crippen LogP) is 3.54. The van der Waals surface area contributed by atoms with Crippen LogP contribution in [0.4, 0.5) is 0 Å². The fourth-order valence-electron chi connectivity index (χ4n) is 3.28. The van der Waals surface area contributed by atoms with Gasteiger partial charge in [-0.1, -0.05) is 13.3 Å². The van der Waals surface area contributed by atoms with Gasteiger partial charge in [-0.15, -0.1) is 11.8 Å². The number of piperidine rings is 1. The molecule has 2 aliphatic rings. The molecule has 0 bridgehead atoms. The first-order chi connectivity index (χ1) is 10.6. The van der Waals surface area contributed by atoms with E-state index in [-0.39, 0.29) is 0 Å². The lowest BCUT2D eigenvalue weighted by atomic mass is 10.1. The molecule has 4 nitrogen and oxygen atoms in total. The minimum absolute atomic E-state index is 0.332. The van der Waals surface area contributed by atoms with Gasteiger partial charge in [0.2, 0.25) is 10.0 Å². The zero-order valence-corrected chi connectivity index (χ0v) is 14.7. The third-order valence-electron chi connectivity index (χ3n) is 4.60. The summed E-state index contributed by atoms with van der Waals surface area (Å²) in [7, 11) is -3.35. The van der Waals surface area contributed by atoms with Crippen molar-refractivity contribution in [2.24, 2.45) is 5.92 Å². The topological polar surface area (TPSA) is 50.3 Å². The Hall–Kier alpha value is -0.590. The first-order valence-corrected chi connectivity index (χ1v) is 10.5. The van der Waals surface area contributed by atoms with Crippen LogP contribution in [-0.2, 0) is 10.0 Å². The number of hydrogen-bond donors (Lipinski definition) is 0. The maximum Gasteiger partial charge on any atom is 0.244 e. The Morgan fingerprint density at radius 2 is 1.95 bits per heavy atom. The highest BCUT2D eigenvalue weighted by atomic mass is 32.2. The summed E-state index contributed by atoms with van der Waals surface area (Å²) in [4.78, 5) is 4.72. The van der Waals surface area contributed by atoms with E-state index in [0.717, 1.165) is 30.2 Å². The first kappa shape index (κ1) is 16.3. The van der Waals surface area contributed by atoms with Gasteiger partial charge in [0.05, 0.1) is 5.03 Å². The number of aromatic nitrogens is 1. The molecule has 2 atom stereocenters. The monoisotopic (exact) mass is 340 g/mol. The van der Waals surface area contributed by atoms with Gasteiger partial charge in [0.25, 0.3) is 0 Å². The van der Waals surface area contributed by atoms with Crippen molar-refractivity contribution >= 4 is 21.8 Å². The lowest BCUT2D eigenvalue weighted by Crippen LogP contribution is -2.35. The maximum absolute atomic E-state index is 12.6. The normalized spacial score (nSPS) is 27.1. The molecule has 22 heavy (non-hydrogen) atoms. The van der Waals surface area contributed by atoms with Crippen molar-refractivity contribution in [2.75, 3.05) is 13.1 Å². The van der Waals surface area contributed by atoms with E-state index in [1.54, 1.807) is 22.1 Å². The molecule has 1 aromatic heterocycles. The van der Waals surface area contributed by atoms with E-state index in [9.17, 15) is 8.42 Å². The number of rotatable bonds is 4. The van der Waals surface area contributed by atoms with Gasteiger partial charge in [-0.2, -0.15) is 4.31 Å². The molecular formula is C16H24N2O2S2. The molecule has 122 valence electrons. The van der Waals surface area contributed by atoms with Gasteiger partial charge < -0.3 is 0 Å². The third-order valence-corrected chi connectivity index (χ3v) is 7.72. The largest absolute Gasteiger partial charge is 0.249 e. The van der Waals surface area contributed by atoms with Crippen LogP contribution in [0.5, 0.6) is 0 Å². The first-order valence-electron chi connectivity index (χ1n) is 8.18. The number of pyridine rings is 1. The minimum atomic E-state index is -3.35. The lowest BCUT2D eigenvalue weighted by molar-refractivity contribution is 0.346. The summed E-state index contributed by atoms with van der Waals surface area (Å²) in [5.41, 5.74) is 0. The van der Waals surface area contributed by atoms with Crippen LogP contribution >= 0.6 is 11.8 Å². The molecule has 0 amide bonds. The van der Waals surface area contributed by atoms with Crippen LogP contribution in [0.15, 0.2) is 28.3 Å². The molecule has 0 unspecified atom stereocenters. The zero-order valence-electron chi connectivity index (χ0n) is 13.1. The van der Waals surface area contributed by atoms with Gasteiger partial charge in [-0.3, -0.25) is 0 Å². The van der Waals surface area contributed by atoms with E-state index >= 15 is 0 Å². The molecule has 3 rings (SSSR count). The molecule has 1 saturated carbocycles. The molecule has 1 aliphatic carbocycles. The molecule has 0 spiro atoms. The van der Waals surface area contributed by atoms with Gasteiger partial charge in [0.1, 0.15) is 4.90 Å². The second-order valence-corrected chi connectivity index (χ2v) is 9.71. The summed E-state index contributed by atoms with van der Waals surface area (Å²) in [5, 5.41) is 1.57. The van der Waals surface area contributed by atoms with E-state index in [1.165, 1.54) is 25.5 Å². The van der Waals surface area contributed by atoms with Crippen molar-refractivity contribution in [1.82, 2.24) is 9.29 Å². The molecular weight excluding hydrogens is 316 g/mol. The highest BCUT2D eigenvalue weighted by Gasteiger charge is 2.27. The van der Waals surface area contributed by atoms with Crippen LogP contribution < -0.4 is 0 Å². The van der Waals surface area contributed by atoms with Gasteiger partial charge >= 0.3 is 0 Å². The third kappa shape index (κ3) is 3.66. The van der Waals surface area contributed by atoms with Crippen LogP contribution in [-0.4, -0.2) is 36.0 Å². The minimum Gasteiger partial charge on any atom is -0.249 e. The van der Waals surface area contributed by atoms with E-state index in [0.29, 0.717) is 23.2 Å². The van der Waals surface area contributed by atoms with Gasteiger partial charge in [0, 0.05) is 24.5 Å². The summed E-state index contributed by atoms with van der Waals surface area (Å²) in [5.74, 6) is 0.802. The number of sulfonamides is 1. The van der Waals surface area contributed by atoms with E-state index in [2.05, 4.69) is 11.9 Å². The van der Waals surface area contributed by atoms with Crippen molar-refractivity contribution < 1.29 is 8.42 Å². The lowest BCUT2D eigenvalue weighted by Gasteiger charge is -2.25. The van der Waals surface area contributed by atoms with Crippen molar-refractivity contribution in [1.29, 1.82) is 0 Å². The maximum atomic E-state index is 12.6. The quantitative estimate of drug-likeness (QED) is 0.841. The van der Waals surface area contributed by atoms with Crippen LogP contribution in [0, 0.1) is 5.92 Å². The molecule has 1 aromatic rings. The Morgan fingerprint density at radius 3 is 2.55 bits per heavy atom. The van der Waals surface area contributed by atoms with E-state index in [4.69, 9.17) is 0 Å². The van der Waals surface area contributed by atoms with Gasteiger partial charge in [-0.25, -0.2) is 13.4 Å². The molecule has 1 saturated heterocycles. The number of hydrogen-bond acceptors (Lipinski definition) is 4. The summed E-state index contributed by atoms with van der Waals surface area (Å²) in [6.45, 7) is 3.57. The highest BCUT2D eigenvalue weighted by Crippen LogP contribution is 2.37. The van der Waals surface area contributed by atoms with Crippen molar-refractivity contribution in [2.45, 2.75) is 60.6 Å². The smallest absolute Gasteiger partial charge is 0.244 e. The Kier molecular flexibility index (Phi) is 5.10. The summed E-state index contributed by atoms with van der Waals surface area (Å²) in [6, 6.07) is 3.59. The average molecular weight is 341 g/mol. The molecule has 0 aromatic carbocycles. The Morgan fingerprint density at radius 1 is 1.18 bits per heavy atom.